The highest BCUT2D eigenvalue weighted by molar-refractivity contribution is 5.82. The van der Waals surface area contributed by atoms with Gasteiger partial charge in [-0.3, -0.25) is 9.59 Å². The first-order chi connectivity index (χ1) is 12.2. The molecule has 0 saturated heterocycles. The number of carbonyl (C=O) groups is 1. The number of fused-ring (bicyclic) bond motifs is 1. The SMILES string of the molecule is CCOC(=O)CCOc1ccc2c(=O)c(-c3ccccc3)coc2c1. The zero-order valence-electron chi connectivity index (χ0n) is 13.9. The van der Waals surface area contributed by atoms with E-state index in [1.165, 1.54) is 6.26 Å². The molecule has 0 N–H and O–H groups in total. The van der Waals surface area contributed by atoms with Gasteiger partial charge in [-0.05, 0) is 24.6 Å². The molecule has 1 heterocycles. The highest BCUT2D eigenvalue weighted by atomic mass is 16.5. The summed E-state index contributed by atoms with van der Waals surface area (Å²) in [5.74, 6) is 0.231. The minimum atomic E-state index is -0.303. The Balaban J connectivity index is 1.80. The van der Waals surface area contributed by atoms with Gasteiger partial charge in [0.1, 0.15) is 17.6 Å². The Bertz CT molecular complexity index is 928. The van der Waals surface area contributed by atoms with Gasteiger partial charge in [-0.2, -0.15) is 0 Å². The van der Waals surface area contributed by atoms with Crippen LogP contribution < -0.4 is 10.2 Å². The van der Waals surface area contributed by atoms with E-state index in [4.69, 9.17) is 13.9 Å². The molecular weight excluding hydrogens is 320 g/mol. The van der Waals surface area contributed by atoms with E-state index in [1.807, 2.05) is 30.3 Å². The molecule has 5 nitrogen and oxygen atoms in total. The van der Waals surface area contributed by atoms with E-state index in [0.29, 0.717) is 28.9 Å². The fourth-order valence-electron chi connectivity index (χ4n) is 2.50. The van der Waals surface area contributed by atoms with Crippen LogP contribution in [0.1, 0.15) is 13.3 Å². The van der Waals surface area contributed by atoms with Crippen molar-refractivity contribution in [3.05, 3.63) is 65.0 Å². The fraction of sp³-hybridized carbons (Fsp3) is 0.200. The number of carbonyl (C=O) groups excluding carboxylic acids is 1. The monoisotopic (exact) mass is 338 g/mol. The molecule has 2 aromatic carbocycles. The molecular formula is C20H18O5. The van der Waals surface area contributed by atoms with Crippen molar-refractivity contribution in [3.8, 4) is 16.9 Å². The van der Waals surface area contributed by atoms with Crippen LogP contribution in [-0.4, -0.2) is 19.2 Å². The van der Waals surface area contributed by atoms with Gasteiger partial charge < -0.3 is 13.9 Å². The van der Waals surface area contributed by atoms with Crippen molar-refractivity contribution in [3.63, 3.8) is 0 Å². The molecule has 128 valence electrons. The first kappa shape index (κ1) is 16.8. The minimum Gasteiger partial charge on any atom is -0.493 e. The number of rotatable bonds is 6. The maximum Gasteiger partial charge on any atom is 0.309 e. The molecule has 25 heavy (non-hydrogen) atoms. The van der Waals surface area contributed by atoms with Crippen LogP contribution in [0.5, 0.6) is 5.75 Å². The Labute approximate surface area is 144 Å². The van der Waals surface area contributed by atoms with Gasteiger partial charge >= 0.3 is 5.97 Å². The number of hydrogen-bond donors (Lipinski definition) is 0. The Morgan fingerprint density at radius 1 is 1.12 bits per heavy atom. The average molecular weight is 338 g/mol. The van der Waals surface area contributed by atoms with Crippen molar-refractivity contribution >= 4 is 16.9 Å². The smallest absolute Gasteiger partial charge is 0.309 e. The molecule has 3 rings (SSSR count). The van der Waals surface area contributed by atoms with Gasteiger partial charge in [0.05, 0.1) is 30.6 Å². The summed E-state index contributed by atoms with van der Waals surface area (Å²) >= 11 is 0. The lowest BCUT2D eigenvalue weighted by Gasteiger charge is -2.07. The van der Waals surface area contributed by atoms with Crippen LogP contribution in [0, 0.1) is 0 Å². The van der Waals surface area contributed by atoms with Crippen molar-refractivity contribution in [1.29, 1.82) is 0 Å². The maximum atomic E-state index is 12.7. The molecule has 0 bridgehead atoms. The zero-order chi connectivity index (χ0) is 17.6. The van der Waals surface area contributed by atoms with Crippen LogP contribution in [0.2, 0.25) is 0 Å². The first-order valence-corrected chi connectivity index (χ1v) is 8.08. The molecule has 3 aromatic rings. The van der Waals surface area contributed by atoms with Crippen molar-refractivity contribution in [1.82, 2.24) is 0 Å². The standard InChI is InChI=1S/C20H18O5/c1-2-23-19(21)10-11-24-15-8-9-16-18(12-15)25-13-17(20(16)22)14-6-4-3-5-7-14/h3-9,12-13H,2,10-11H2,1H3. The number of hydrogen-bond acceptors (Lipinski definition) is 5. The second kappa shape index (κ2) is 7.66. The molecule has 1 aromatic heterocycles. The van der Waals surface area contributed by atoms with Crippen LogP contribution in [0.15, 0.2) is 64.0 Å². The molecule has 0 atom stereocenters. The minimum absolute atomic E-state index is 0.0921. The van der Waals surface area contributed by atoms with Crippen molar-refractivity contribution in [2.75, 3.05) is 13.2 Å². The van der Waals surface area contributed by atoms with E-state index in [0.717, 1.165) is 5.56 Å². The van der Waals surface area contributed by atoms with Crippen LogP contribution >= 0.6 is 0 Å². The molecule has 0 unspecified atom stereocenters. The van der Waals surface area contributed by atoms with Crippen molar-refractivity contribution in [2.45, 2.75) is 13.3 Å². The van der Waals surface area contributed by atoms with Crippen molar-refractivity contribution in [2.24, 2.45) is 0 Å². The van der Waals surface area contributed by atoms with Gasteiger partial charge in [-0.15, -0.1) is 0 Å². The summed E-state index contributed by atoms with van der Waals surface area (Å²) in [4.78, 5) is 24.0. The number of ether oxygens (including phenoxy) is 2. The summed E-state index contributed by atoms with van der Waals surface area (Å²) in [6.07, 6.45) is 1.63. The van der Waals surface area contributed by atoms with Gasteiger partial charge in [0, 0.05) is 6.07 Å². The Kier molecular flexibility index (Phi) is 5.14. The molecule has 5 heteroatoms. The summed E-state index contributed by atoms with van der Waals surface area (Å²) in [5.41, 5.74) is 1.68. The summed E-state index contributed by atoms with van der Waals surface area (Å²) in [6.45, 7) is 2.31. The van der Waals surface area contributed by atoms with E-state index >= 15 is 0 Å². The zero-order valence-corrected chi connectivity index (χ0v) is 13.9. The fourth-order valence-corrected chi connectivity index (χ4v) is 2.50. The maximum absolute atomic E-state index is 12.7. The molecule has 0 spiro atoms. The molecule has 0 aliphatic heterocycles. The summed E-state index contributed by atoms with van der Waals surface area (Å²) in [6, 6.07) is 14.4. The summed E-state index contributed by atoms with van der Waals surface area (Å²) in [7, 11) is 0. The van der Waals surface area contributed by atoms with Crippen LogP contribution in [0.3, 0.4) is 0 Å². The van der Waals surface area contributed by atoms with Crippen LogP contribution in [0.4, 0.5) is 0 Å². The molecule has 0 saturated carbocycles. The largest absolute Gasteiger partial charge is 0.493 e. The Morgan fingerprint density at radius 2 is 1.92 bits per heavy atom. The molecule has 0 radical (unpaired) electrons. The average Bonchev–Trinajstić information content (AvgIpc) is 2.63. The van der Waals surface area contributed by atoms with Crippen LogP contribution in [0.25, 0.3) is 22.1 Å². The highest BCUT2D eigenvalue weighted by Crippen LogP contribution is 2.23. The number of benzene rings is 2. The van der Waals surface area contributed by atoms with Gasteiger partial charge in [0.25, 0.3) is 0 Å². The second-order valence-electron chi connectivity index (χ2n) is 5.41. The Hall–Kier alpha value is -3.08. The quantitative estimate of drug-likeness (QED) is 0.640. The van der Waals surface area contributed by atoms with Gasteiger partial charge in [0.15, 0.2) is 5.43 Å². The second-order valence-corrected chi connectivity index (χ2v) is 5.41. The van der Waals surface area contributed by atoms with Gasteiger partial charge in [-0.25, -0.2) is 0 Å². The molecule has 0 aliphatic rings. The van der Waals surface area contributed by atoms with E-state index in [2.05, 4.69) is 0 Å². The lowest BCUT2D eigenvalue weighted by molar-refractivity contribution is -0.143. The van der Waals surface area contributed by atoms with E-state index in [-0.39, 0.29) is 24.4 Å². The lowest BCUT2D eigenvalue weighted by atomic mass is 10.1. The normalized spacial score (nSPS) is 10.6. The third-order valence-electron chi connectivity index (χ3n) is 3.71. The topological polar surface area (TPSA) is 65.7 Å². The third-order valence-corrected chi connectivity index (χ3v) is 3.71. The molecule has 0 aliphatic carbocycles. The van der Waals surface area contributed by atoms with Crippen molar-refractivity contribution < 1.29 is 18.7 Å². The number of esters is 1. The molecule has 0 amide bonds. The van der Waals surface area contributed by atoms with Crippen LogP contribution in [-0.2, 0) is 9.53 Å². The highest BCUT2D eigenvalue weighted by Gasteiger charge is 2.10. The van der Waals surface area contributed by atoms with E-state index in [1.54, 1.807) is 25.1 Å². The van der Waals surface area contributed by atoms with Gasteiger partial charge in [0.2, 0.25) is 0 Å². The molecule has 0 fully saturated rings. The summed E-state index contributed by atoms with van der Waals surface area (Å²) in [5, 5.41) is 0.485. The Morgan fingerprint density at radius 3 is 2.68 bits per heavy atom. The summed E-state index contributed by atoms with van der Waals surface area (Å²) < 4.78 is 16.0. The third kappa shape index (κ3) is 3.88. The van der Waals surface area contributed by atoms with Gasteiger partial charge in [-0.1, -0.05) is 30.3 Å². The lowest BCUT2D eigenvalue weighted by Crippen LogP contribution is -2.09. The predicted octanol–water partition coefficient (Wildman–Crippen LogP) is 3.79. The predicted molar refractivity (Wildman–Crippen MR) is 94.7 cm³/mol. The first-order valence-electron chi connectivity index (χ1n) is 8.08. The van der Waals surface area contributed by atoms with E-state index in [9.17, 15) is 9.59 Å². The van der Waals surface area contributed by atoms with E-state index < -0.39 is 0 Å².